The van der Waals surface area contributed by atoms with Gasteiger partial charge in [0.2, 0.25) is 5.91 Å². The zero-order chi connectivity index (χ0) is 12.5. The van der Waals surface area contributed by atoms with Crippen LogP contribution in [0.1, 0.15) is 33.6 Å². The van der Waals surface area contributed by atoms with E-state index >= 15 is 0 Å². The number of rotatable bonds is 4. The molecule has 0 aromatic rings. The van der Waals surface area contributed by atoms with Gasteiger partial charge >= 0.3 is 0 Å². The molecule has 0 radical (unpaired) electrons. The fourth-order valence-corrected chi connectivity index (χ4v) is 2.52. The van der Waals surface area contributed by atoms with Gasteiger partial charge in [0.25, 0.3) is 0 Å². The quantitative estimate of drug-likeness (QED) is 0.815. The maximum atomic E-state index is 12.1. The first kappa shape index (κ1) is 15.7. The molecule has 0 bridgehead atoms. The van der Waals surface area contributed by atoms with E-state index in [1.54, 1.807) is 0 Å². The van der Waals surface area contributed by atoms with E-state index < -0.39 is 0 Å². The second-order valence-corrected chi connectivity index (χ2v) is 5.74. The van der Waals surface area contributed by atoms with E-state index in [4.69, 9.17) is 4.74 Å². The third-order valence-corrected chi connectivity index (χ3v) is 4.33. The Balaban J connectivity index is 0.00000162. The Morgan fingerprint density at radius 1 is 1.50 bits per heavy atom. The average molecular weight is 277 g/mol. The van der Waals surface area contributed by atoms with E-state index in [0.717, 1.165) is 13.1 Å². The highest BCUT2D eigenvalue weighted by molar-refractivity contribution is 5.85. The number of carbonyl (C=O) groups is 1. The summed E-state index contributed by atoms with van der Waals surface area (Å²) in [6, 6.07) is -0.188. The molecule has 4 nitrogen and oxygen atoms in total. The standard InChI is InChI=1S/C13H24N2O2.ClH/c1-9(2)13(4-5-13)8-15-12(16)11-10(3)17-7-6-14-11;/h9-11,14H,4-8H2,1-3H3,(H,15,16);1H/t10-,11+;/m1./s1. The highest BCUT2D eigenvalue weighted by Gasteiger charge is 2.45. The van der Waals surface area contributed by atoms with Crippen LogP contribution in [0.3, 0.4) is 0 Å². The lowest BCUT2D eigenvalue weighted by atomic mass is 9.92. The van der Waals surface area contributed by atoms with Crippen molar-refractivity contribution in [3.63, 3.8) is 0 Å². The minimum atomic E-state index is -0.188. The Labute approximate surface area is 116 Å². The topological polar surface area (TPSA) is 50.4 Å². The number of morpholine rings is 1. The van der Waals surface area contributed by atoms with Gasteiger partial charge in [0.05, 0.1) is 12.7 Å². The molecule has 18 heavy (non-hydrogen) atoms. The van der Waals surface area contributed by atoms with E-state index in [9.17, 15) is 4.79 Å². The van der Waals surface area contributed by atoms with Gasteiger partial charge in [-0.05, 0) is 31.1 Å². The molecule has 2 fully saturated rings. The van der Waals surface area contributed by atoms with E-state index in [1.807, 2.05) is 6.92 Å². The lowest BCUT2D eigenvalue weighted by molar-refractivity contribution is -0.129. The number of ether oxygens (including phenoxy) is 1. The maximum absolute atomic E-state index is 12.1. The molecule has 1 aliphatic carbocycles. The minimum absolute atomic E-state index is 0. The summed E-state index contributed by atoms with van der Waals surface area (Å²) in [5.74, 6) is 0.736. The SMILES string of the molecule is CC(C)C1(CNC(=O)[C@H]2NCCO[C@@H]2C)CC1.Cl. The largest absolute Gasteiger partial charge is 0.375 e. The first-order chi connectivity index (χ1) is 8.05. The fraction of sp³-hybridized carbons (Fsp3) is 0.923. The predicted molar refractivity (Wildman–Crippen MR) is 74.0 cm³/mol. The van der Waals surface area contributed by atoms with Crippen LogP contribution in [0.2, 0.25) is 0 Å². The molecular formula is C13H25ClN2O2. The van der Waals surface area contributed by atoms with Crippen LogP contribution in [-0.2, 0) is 9.53 Å². The molecule has 5 heteroatoms. The molecule has 2 atom stereocenters. The Morgan fingerprint density at radius 3 is 2.67 bits per heavy atom. The average Bonchev–Trinajstić information content (AvgIpc) is 3.07. The van der Waals surface area contributed by atoms with Gasteiger partial charge in [0.15, 0.2) is 0 Å². The molecular weight excluding hydrogens is 252 g/mol. The Kier molecular flexibility index (Phi) is 5.44. The van der Waals surface area contributed by atoms with Crippen LogP contribution >= 0.6 is 12.4 Å². The summed E-state index contributed by atoms with van der Waals surface area (Å²) in [4.78, 5) is 12.1. The van der Waals surface area contributed by atoms with Crippen molar-refractivity contribution >= 4 is 18.3 Å². The summed E-state index contributed by atoms with van der Waals surface area (Å²) >= 11 is 0. The van der Waals surface area contributed by atoms with Crippen LogP contribution < -0.4 is 10.6 Å². The normalized spacial score (nSPS) is 29.6. The second-order valence-electron chi connectivity index (χ2n) is 5.74. The van der Waals surface area contributed by atoms with Gasteiger partial charge in [-0.2, -0.15) is 0 Å². The number of carbonyl (C=O) groups excluding carboxylic acids is 1. The van der Waals surface area contributed by atoms with Gasteiger partial charge in [-0.3, -0.25) is 4.79 Å². The van der Waals surface area contributed by atoms with Gasteiger partial charge in [-0.15, -0.1) is 12.4 Å². The molecule has 2 aliphatic rings. The van der Waals surface area contributed by atoms with E-state index in [-0.39, 0.29) is 30.5 Å². The minimum Gasteiger partial charge on any atom is -0.375 e. The van der Waals surface area contributed by atoms with E-state index in [0.29, 0.717) is 17.9 Å². The van der Waals surface area contributed by atoms with Gasteiger partial charge in [0.1, 0.15) is 6.04 Å². The highest BCUT2D eigenvalue weighted by Crippen LogP contribution is 2.51. The summed E-state index contributed by atoms with van der Waals surface area (Å²) in [6.45, 7) is 8.70. The fourth-order valence-electron chi connectivity index (χ4n) is 2.52. The summed E-state index contributed by atoms with van der Waals surface area (Å²) in [6.07, 6.45) is 2.46. The number of hydrogen-bond donors (Lipinski definition) is 2. The Bertz CT molecular complexity index is 293. The Morgan fingerprint density at radius 2 is 2.17 bits per heavy atom. The lowest BCUT2D eigenvalue weighted by Gasteiger charge is -2.30. The van der Waals surface area contributed by atoms with Gasteiger partial charge in [-0.1, -0.05) is 13.8 Å². The molecule has 1 saturated carbocycles. The van der Waals surface area contributed by atoms with Crippen LogP contribution in [-0.4, -0.2) is 37.7 Å². The summed E-state index contributed by atoms with van der Waals surface area (Å²) < 4.78 is 5.48. The van der Waals surface area contributed by atoms with Crippen LogP contribution in [0, 0.1) is 11.3 Å². The van der Waals surface area contributed by atoms with Crippen molar-refractivity contribution in [1.82, 2.24) is 10.6 Å². The van der Waals surface area contributed by atoms with E-state index in [1.165, 1.54) is 12.8 Å². The third-order valence-electron chi connectivity index (χ3n) is 4.33. The highest BCUT2D eigenvalue weighted by atomic mass is 35.5. The summed E-state index contributed by atoms with van der Waals surface area (Å²) in [5, 5.41) is 6.30. The van der Waals surface area contributed by atoms with Crippen molar-refractivity contribution in [2.24, 2.45) is 11.3 Å². The Hall–Kier alpha value is -0.320. The molecule has 1 saturated heterocycles. The van der Waals surface area contributed by atoms with Crippen molar-refractivity contribution in [2.75, 3.05) is 19.7 Å². The number of nitrogens with one attached hydrogen (secondary N) is 2. The number of hydrogen-bond acceptors (Lipinski definition) is 3. The third kappa shape index (κ3) is 3.37. The van der Waals surface area contributed by atoms with Crippen LogP contribution in [0.5, 0.6) is 0 Å². The molecule has 2 rings (SSSR count). The monoisotopic (exact) mass is 276 g/mol. The molecule has 1 amide bonds. The lowest BCUT2D eigenvalue weighted by Crippen LogP contribution is -2.56. The molecule has 0 spiro atoms. The number of amides is 1. The second kappa shape index (κ2) is 6.22. The summed E-state index contributed by atoms with van der Waals surface area (Å²) in [7, 11) is 0. The molecule has 1 heterocycles. The van der Waals surface area contributed by atoms with Gasteiger partial charge in [0, 0.05) is 13.1 Å². The van der Waals surface area contributed by atoms with Crippen LogP contribution in [0.15, 0.2) is 0 Å². The number of halogens is 1. The van der Waals surface area contributed by atoms with Crippen LogP contribution in [0.25, 0.3) is 0 Å². The summed E-state index contributed by atoms with van der Waals surface area (Å²) in [5.41, 5.74) is 0.369. The zero-order valence-corrected chi connectivity index (χ0v) is 12.3. The molecule has 1 aliphatic heterocycles. The van der Waals surface area contributed by atoms with E-state index in [2.05, 4.69) is 24.5 Å². The van der Waals surface area contributed by atoms with Crippen molar-refractivity contribution < 1.29 is 9.53 Å². The molecule has 0 aromatic heterocycles. The predicted octanol–water partition coefficient (Wildman–Crippen LogP) is 1.34. The molecule has 0 aromatic carbocycles. The smallest absolute Gasteiger partial charge is 0.239 e. The molecule has 2 N–H and O–H groups in total. The maximum Gasteiger partial charge on any atom is 0.239 e. The van der Waals surface area contributed by atoms with Crippen molar-refractivity contribution in [3.8, 4) is 0 Å². The zero-order valence-electron chi connectivity index (χ0n) is 11.5. The van der Waals surface area contributed by atoms with Crippen LogP contribution in [0.4, 0.5) is 0 Å². The molecule has 0 unspecified atom stereocenters. The van der Waals surface area contributed by atoms with Crippen molar-refractivity contribution in [3.05, 3.63) is 0 Å². The van der Waals surface area contributed by atoms with Crippen molar-refractivity contribution in [1.29, 1.82) is 0 Å². The molecule has 106 valence electrons. The first-order valence-corrected chi connectivity index (χ1v) is 6.68. The van der Waals surface area contributed by atoms with Gasteiger partial charge < -0.3 is 15.4 Å². The first-order valence-electron chi connectivity index (χ1n) is 6.68. The van der Waals surface area contributed by atoms with Gasteiger partial charge in [-0.25, -0.2) is 0 Å². The van der Waals surface area contributed by atoms with Crippen molar-refractivity contribution in [2.45, 2.75) is 45.8 Å².